The monoisotopic (exact) mass is 337 g/mol. The van der Waals surface area contributed by atoms with Gasteiger partial charge in [0, 0.05) is 31.0 Å². The number of allylic oxidation sites excluding steroid dienone is 3. The third kappa shape index (κ3) is 3.41. The van der Waals surface area contributed by atoms with E-state index in [-0.39, 0.29) is 11.7 Å². The van der Waals surface area contributed by atoms with Crippen molar-refractivity contribution in [2.45, 2.75) is 58.3 Å². The number of hydrogen-bond donors (Lipinski definition) is 1. The molecular formula is C19H29F2N3. The van der Waals surface area contributed by atoms with E-state index in [1.165, 1.54) is 0 Å². The summed E-state index contributed by atoms with van der Waals surface area (Å²) in [5.41, 5.74) is 0.173. The molecule has 2 aliphatic heterocycles. The summed E-state index contributed by atoms with van der Waals surface area (Å²) in [6.45, 7) is 8.45. The number of likely N-dealkylation sites (tertiary alicyclic amines) is 1. The minimum Gasteiger partial charge on any atom is -0.380 e. The molecular weight excluding hydrogens is 308 g/mol. The summed E-state index contributed by atoms with van der Waals surface area (Å²) in [6, 6.07) is 0.756. The Hall–Kier alpha value is -1.23. The highest BCUT2D eigenvalue weighted by Crippen LogP contribution is 2.49. The highest BCUT2D eigenvalue weighted by atomic mass is 19.2. The van der Waals surface area contributed by atoms with Gasteiger partial charge in [0.05, 0.1) is 11.5 Å². The van der Waals surface area contributed by atoms with E-state index in [0.717, 1.165) is 50.7 Å². The quantitative estimate of drug-likeness (QED) is 0.829. The first kappa shape index (κ1) is 17.6. The molecule has 3 nitrogen and oxygen atoms in total. The molecule has 0 bridgehead atoms. The van der Waals surface area contributed by atoms with Crippen LogP contribution >= 0.6 is 0 Å². The van der Waals surface area contributed by atoms with Crippen molar-refractivity contribution in [1.82, 2.24) is 10.2 Å². The third-order valence-corrected chi connectivity index (χ3v) is 5.96. The summed E-state index contributed by atoms with van der Waals surface area (Å²) in [5.74, 6) is -0.320. The van der Waals surface area contributed by atoms with Crippen LogP contribution in [0.25, 0.3) is 0 Å². The molecule has 3 unspecified atom stereocenters. The molecule has 3 rings (SSSR count). The fourth-order valence-electron chi connectivity index (χ4n) is 3.89. The van der Waals surface area contributed by atoms with Gasteiger partial charge in [-0.3, -0.25) is 4.99 Å². The van der Waals surface area contributed by atoms with Crippen molar-refractivity contribution in [3.05, 3.63) is 23.7 Å². The summed E-state index contributed by atoms with van der Waals surface area (Å²) in [5, 5.41) is 3.58. The topological polar surface area (TPSA) is 27.6 Å². The molecule has 0 amide bonds. The van der Waals surface area contributed by atoms with E-state index in [1.54, 1.807) is 6.92 Å². The van der Waals surface area contributed by atoms with Gasteiger partial charge in [0.25, 0.3) is 0 Å². The second-order valence-corrected chi connectivity index (χ2v) is 7.87. The van der Waals surface area contributed by atoms with Gasteiger partial charge in [-0.1, -0.05) is 13.0 Å². The zero-order chi connectivity index (χ0) is 17.3. The lowest BCUT2D eigenvalue weighted by atomic mass is 9.66. The van der Waals surface area contributed by atoms with Crippen LogP contribution in [-0.4, -0.2) is 49.0 Å². The molecule has 0 aromatic carbocycles. The van der Waals surface area contributed by atoms with E-state index in [1.807, 2.05) is 13.1 Å². The van der Waals surface area contributed by atoms with Gasteiger partial charge in [0.2, 0.25) is 0 Å². The van der Waals surface area contributed by atoms with Gasteiger partial charge in [-0.05, 0) is 51.6 Å². The minimum absolute atomic E-state index is 0.0347. The molecule has 24 heavy (non-hydrogen) atoms. The highest BCUT2D eigenvalue weighted by molar-refractivity contribution is 5.78. The molecule has 5 heteroatoms. The van der Waals surface area contributed by atoms with Gasteiger partial charge in [0.1, 0.15) is 12.0 Å². The lowest BCUT2D eigenvalue weighted by Crippen LogP contribution is -2.51. The Morgan fingerprint density at radius 3 is 2.92 bits per heavy atom. The maximum absolute atomic E-state index is 13.9. The predicted octanol–water partition coefficient (Wildman–Crippen LogP) is 3.63. The van der Waals surface area contributed by atoms with E-state index < -0.39 is 11.6 Å². The van der Waals surface area contributed by atoms with Crippen molar-refractivity contribution in [3.63, 3.8) is 0 Å². The molecule has 0 spiro atoms. The zero-order valence-corrected chi connectivity index (χ0v) is 14.9. The van der Waals surface area contributed by atoms with Crippen LogP contribution in [0.5, 0.6) is 0 Å². The Morgan fingerprint density at radius 1 is 1.50 bits per heavy atom. The summed E-state index contributed by atoms with van der Waals surface area (Å²) in [7, 11) is 0. The normalized spacial score (nSPS) is 38.1. The second kappa shape index (κ2) is 6.95. The molecule has 2 heterocycles. The maximum Gasteiger partial charge on any atom is 0.133 e. The summed E-state index contributed by atoms with van der Waals surface area (Å²) in [4.78, 5) is 6.80. The van der Waals surface area contributed by atoms with Crippen LogP contribution in [-0.2, 0) is 0 Å². The smallest absolute Gasteiger partial charge is 0.133 e. The molecule has 1 fully saturated rings. The molecule has 1 saturated heterocycles. The Balaban J connectivity index is 1.53. The molecule has 5 atom stereocenters. The second-order valence-electron chi connectivity index (χ2n) is 7.87. The molecule has 0 saturated carbocycles. The minimum atomic E-state index is -1.16. The van der Waals surface area contributed by atoms with Gasteiger partial charge >= 0.3 is 0 Å². The highest BCUT2D eigenvalue weighted by Gasteiger charge is 2.50. The van der Waals surface area contributed by atoms with E-state index in [9.17, 15) is 8.78 Å². The average Bonchev–Trinajstić information content (AvgIpc) is 2.56. The largest absolute Gasteiger partial charge is 0.380 e. The fourth-order valence-corrected chi connectivity index (χ4v) is 3.89. The van der Waals surface area contributed by atoms with Crippen molar-refractivity contribution < 1.29 is 8.78 Å². The third-order valence-electron chi connectivity index (χ3n) is 5.96. The van der Waals surface area contributed by atoms with E-state index >= 15 is 0 Å². The van der Waals surface area contributed by atoms with Crippen molar-refractivity contribution >= 4 is 6.21 Å². The first-order valence-electron chi connectivity index (χ1n) is 9.13. The average molecular weight is 337 g/mol. The van der Waals surface area contributed by atoms with Crippen LogP contribution in [0.1, 0.15) is 40.0 Å². The van der Waals surface area contributed by atoms with Crippen LogP contribution in [0.2, 0.25) is 0 Å². The van der Waals surface area contributed by atoms with Crippen molar-refractivity contribution in [2.75, 3.05) is 19.6 Å². The first-order chi connectivity index (χ1) is 11.4. The summed E-state index contributed by atoms with van der Waals surface area (Å²) in [6.07, 6.45) is 7.31. The lowest BCUT2D eigenvalue weighted by molar-refractivity contribution is 0.0406. The Kier molecular flexibility index (Phi) is 5.09. The number of nitrogens with zero attached hydrogens (tertiary/aromatic N) is 2. The van der Waals surface area contributed by atoms with Gasteiger partial charge in [-0.2, -0.15) is 0 Å². The number of nitrogens with one attached hydrogen (secondary N) is 1. The van der Waals surface area contributed by atoms with E-state index in [4.69, 9.17) is 0 Å². The summed E-state index contributed by atoms with van der Waals surface area (Å²) >= 11 is 0. The molecule has 0 aromatic heterocycles. The molecule has 0 aromatic rings. The number of piperidine rings is 1. The number of rotatable bonds is 5. The molecule has 1 aliphatic carbocycles. The van der Waals surface area contributed by atoms with Gasteiger partial charge in [-0.25, -0.2) is 8.78 Å². The van der Waals surface area contributed by atoms with E-state index in [2.05, 4.69) is 28.2 Å². The van der Waals surface area contributed by atoms with Crippen LogP contribution in [0.4, 0.5) is 8.78 Å². The Bertz CT molecular complexity index is 557. The van der Waals surface area contributed by atoms with Crippen LogP contribution < -0.4 is 5.32 Å². The first-order valence-corrected chi connectivity index (χ1v) is 9.13. The lowest BCUT2D eigenvalue weighted by Gasteiger charge is -2.45. The van der Waals surface area contributed by atoms with Gasteiger partial charge < -0.3 is 10.2 Å². The maximum atomic E-state index is 13.9. The fraction of sp³-hybridized carbons (Fsp3) is 0.737. The van der Waals surface area contributed by atoms with Crippen molar-refractivity contribution in [1.29, 1.82) is 0 Å². The number of dihydropyridines is 1. The molecule has 134 valence electrons. The number of hydrogen-bond acceptors (Lipinski definition) is 3. The molecule has 1 N–H and O–H groups in total. The standard InChI is InChI=1S/C19H29F2N3/c1-13(19(3)17(20)9-18(19)21)11-24-8-4-5-16(12-24)23-15-7-6-14(2)22-10-15/h7,9-10,13-14,16-17,23H,4-6,8,11-12H2,1-3H3/t13-,14?,16?,17?,19+/m0/s1. The molecule has 3 aliphatic rings. The van der Waals surface area contributed by atoms with Crippen molar-refractivity contribution in [2.24, 2.45) is 16.3 Å². The Labute approximate surface area is 143 Å². The number of alkyl halides is 1. The Morgan fingerprint density at radius 2 is 2.29 bits per heavy atom. The SMILES string of the molecule is CC1CC=C(NC2CCCN(C[C@H](C)[C@@]3(C)C(F)=CC3F)C2)C=N1. The summed E-state index contributed by atoms with van der Waals surface area (Å²) < 4.78 is 27.7. The van der Waals surface area contributed by atoms with Crippen LogP contribution in [0.15, 0.2) is 28.7 Å². The predicted molar refractivity (Wildman–Crippen MR) is 94.6 cm³/mol. The number of aliphatic imine (C=N–C) groups is 1. The molecule has 0 radical (unpaired) electrons. The zero-order valence-electron chi connectivity index (χ0n) is 14.9. The van der Waals surface area contributed by atoms with E-state index in [0.29, 0.717) is 12.1 Å². The van der Waals surface area contributed by atoms with Gasteiger partial charge in [-0.15, -0.1) is 0 Å². The van der Waals surface area contributed by atoms with Gasteiger partial charge in [0.15, 0.2) is 0 Å². The number of halogens is 2. The van der Waals surface area contributed by atoms with Crippen LogP contribution in [0.3, 0.4) is 0 Å². The van der Waals surface area contributed by atoms with Crippen molar-refractivity contribution in [3.8, 4) is 0 Å². The van der Waals surface area contributed by atoms with Crippen LogP contribution in [0, 0.1) is 11.3 Å².